The Morgan fingerprint density at radius 3 is 1.14 bits per heavy atom. The van der Waals surface area contributed by atoms with E-state index in [1.54, 1.807) is 0 Å². The monoisotopic (exact) mass is 558 g/mol. The zero-order valence-electron chi connectivity index (χ0n) is 23.8. The van der Waals surface area contributed by atoms with Gasteiger partial charge in [-0.15, -0.1) is 12.8 Å². The maximum atomic E-state index is 12.1. The van der Waals surface area contributed by atoms with E-state index in [-0.39, 0.29) is 12.8 Å². The number of hydrogen-bond acceptors (Lipinski definition) is 3. The zero-order chi connectivity index (χ0) is 32.2. The van der Waals surface area contributed by atoms with Crippen molar-refractivity contribution in [1.29, 1.82) is 0 Å². The maximum absolute atomic E-state index is 12.1. The standard InChI is InChI=1S/C40H18N2O2/c1-5-7-9-11-13-15-17-19-21-23-25-27-29-31-33-35-39(44-40(43)41-37-38-42(3)4)36-34-32-30-28-26-24-22-20-18-16-14-12-10-8-6-2/h1-2,39H,35-38H2,3-4H3,(H,41,43). The first-order valence-corrected chi connectivity index (χ1v) is 12.1. The number of terminal acetylenes is 2. The number of hydrogen-bond donors (Lipinski definition) is 1. The number of rotatable bonds is 6. The highest BCUT2D eigenvalue weighted by molar-refractivity contribution is 5.67. The van der Waals surface area contributed by atoms with Crippen LogP contribution in [-0.2, 0) is 4.74 Å². The van der Waals surface area contributed by atoms with Crippen LogP contribution in [0.4, 0.5) is 4.79 Å². The van der Waals surface area contributed by atoms with Crippen LogP contribution in [0, 0.1) is 190 Å². The Balaban J connectivity index is 5.14. The molecule has 1 N–H and O–H groups in total. The Hall–Kier alpha value is -7.81. The summed E-state index contributed by atoms with van der Waals surface area (Å²) in [5.41, 5.74) is 0. The van der Waals surface area contributed by atoms with E-state index in [0.717, 1.165) is 0 Å². The van der Waals surface area contributed by atoms with Crippen molar-refractivity contribution in [3.63, 3.8) is 0 Å². The first-order chi connectivity index (χ1) is 21.6. The molecule has 0 aromatic rings. The molecule has 0 saturated carbocycles. The van der Waals surface area contributed by atoms with E-state index in [1.165, 1.54) is 0 Å². The summed E-state index contributed by atoms with van der Waals surface area (Å²) in [7, 11) is 3.79. The molecule has 0 aliphatic rings. The molecule has 0 aliphatic heterocycles. The van der Waals surface area contributed by atoms with E-state index in [4.69, 9.17) is 17.6 Å². The fourth-order valence-corrected chi connectivity index (χ4v) is 1.91. The lowest BCUT2D eigenvalue weighted by Crippen LogP contribution is -2.34. The molecule has 0 unspecified atom stereocenters. The van der Waals surface area contributed by atoms with Gasteiger partial charge >= 0.3 is 6.09 Å². The third-order valence-corrected chi connectivity index (χ3v) is 3.58. The Morgan fingerprint density at radius 2 is 0.841 bits per heavy atom. The van der Waals surface area contributed by atoms with Gasteiger partial charge in [0.1, 0.15) is 6.10 Å². The quantitative estimate of drug-likeness (QED) is 0.490. The first kappa shape index (κ1) is 36.2. The molecule has 0 spiro atoms. The van der Waals surface area contributed by atoms with Gasteiger partial charge in [-0.3, -0.25) is 0 Å². The first-order valence-electron chi connectivity index (χ1n) is 12.1. The molecule has 0 rings (SSSR count). The van der Waals surface area contributed by atoms with E-state index >= 15 is 0 Å². The molecule has 0 saturated heterocycles. The predicted molar refractivity (Wildman–Crippen MR) is 173 cm³/mol. The van der Waals surface area contributed by atoms with Gasteiger partial charge in [-0.25, -0.2) is 4.79 Å². The number of ether oxygens (including phenoxy) is 1. The van der Waals surface area contributed by atoms with Crippen LogP contribution in [0.5, 0.6) is 0 Å². The highest BCUT2D eigenvalue weighted by atomic mass is 16.6. The number of nitrogens with one attached hydrogen (secondary N) is 1. The molecule has 0 fully saturated rings. The number of likely N-dealkylation sites (N-methyl/N-ethyl adjacent to an activating group) is 1. The minimum atomic E-state index is -0.606. The Kier molecular flexibility index (Phi) is 24.5. The fraction of sp³-hybridized carbons (Fsp3) is 0.175. The molecule has 0 atom stereocenters. The second-order valence-electron chi connectivity index (χ2n) is 7.06. The van der Waals surface area contributed by atoms with Crippen LogP contribution >= 0.6 is 0 Å². The second kappa shape index (κ2) is 29.7. The summed E-state index contributed by atoms with van der Waals surface area (Å²) >= 11 is 0. The molecule has 4 nitrogen and oxygen atoms in total. The summed E-state index contributed by atoms with van der Waals surface area (Å²) < 4.78 is 5.43. The van der Waals surface area contributed by atoms with Crippen molar-refractivity contribution in [2.24, 2.45) is 0 Å². The number of amides is 1. The van der Waals surface area contributed by atoms with Gasteiger partial charge in [-0.05, 0) is 180 Å². The molecule has 0 aromatic heterocycles. The van der Waals surface area contributed by atoms with Gasteiger partial charge in [-0.2, -0.15) is 0 Å². The molecular weight excluding hydrogens is 540 g/mol. The minimum Gasteiger partial charge on any atom is -0.444 e. The normalized spacial score (nSPS) is 6.05. The number of carbonyl (C=O) groups excluding carboxylic acids is 1. The molecular formula is C40H18N2O2. The lowest BCUT2D eigenvalue weighted by atomic mass is 10.2. The van der Waals surface area contributed by atoms with Crippen LogP contribution in [-0.4, -0.2) is 44.3 Å². The van der Waals surface area contributed by atoms with Crippen LogP contribution in [0.15, 0.2) is 0 Å². The van der Waals surface area contributed by atoms with E-state index in [1.807, 2.05) is 19.0 Å². The third-order valence-electron chi connectivity index (χ3n) is 3.58. The molecule has 1 amide bonds. The van der Waals surface area contributed by atoms with E-state index in [0.29, 0.717) is 13.1 Å². The van der Waals surface area contributed by atoms with Gasteiger partial charge in [0.15, 0.2) is 0 Å². The van der Waals surface area contributed by atoms with Crippen molar-refractivity contribution >= 4 is 6.09 Å². The molecule has 0 radical (unpaired) electrons. The maximum Gasteiger partial charge on any atom is 0.407 e. The van der Waals surface area contributed by atoms with Crippen LogP contribution in [0.1, 0.15) is 12.8 Å². The van der Waals surface area contributed by atoms with E-state index in [2.05, 4.69) is 183 Å². The lowest BCUT2D eigenvalue weighted by Gasteiger charge is -2.15. The van der Waals surface area contributed by atoms with Crippen LogP contribution in [0.2, 0.25) is 0 Å². The summed E-state index contributed by atoms with van der Waals surface area (Å²) in [4.78, 5) is 14.1. The van der Waals surface area contributed by atoms with Crippen LogP contribution in [0.3, 0.4) is 0 Å². The molecule has 200 valence electrons. The highest BCUT2D eigenvalue weighted by Gasteiger charge is 2.12. The van der Waals surface area contributed by atoms with Crippen molar-refractivity contribution in [2.45, 2.75) is 18.9 Å². The summed E-state index contributed by atoms with van der Waals surface area (Å²) in [6.07, 6.45) is 9.13. The molecule has 0 bridgehead atoms. The summed E-state index contributed by atoms with van der Waals surface area (Å²) in [5, 5.41) is 2.68. The second-order valence-corrected chi connectivity index (χ2v) is 7.06. The summed E-state index contributed by atoms with van der Waals surface area (Å²) in [6.45, 7) is 1.09. The molecule has 44 heavy (non-hydrogen) atoms. The van der Waals surface area contributed by atoms with Crippen molar-refractivity contribution in [2.75, 3.05) is 27.2 Å². The number of nitrogens with zero attached hydrogens (tertiary/aromatic N) is 1. The van der Waals surface area contributed by atoms with E-state index in [9.17, 15) is 4.79 Å². The molecule has 4 heteroatoms. The lowest BCUT2D eigenvalue weighted by molar-refractivity contribution is 0.102. The average molecular weight is 559 g/mol. The summed E-state index contributed by atoms with van der Waals surface area (Å²) in [5.74, 6) is 74.8. The van der Waals surface area contributed by atoms with Gasteiger partial charge in [0.25, 0.3) is 0 Å². The molecule has 0 heterocycles. The average Bonchev–Trinajstić information content (AvgIpc) is 3.00. The molecule has 0 aliphatic carbocycles. The zero-order valence-corrected chi connectivity index (χ0v) is 23.8. The predicted octanol–water partition coefficient (Wildman–Crippen LogP) is 0.737. The Morgan fingerprint density at radius 1 is 0.545 bits per heavy atom. The largest absolute Gasteiger partial charge is 0.444 e. The van der Waals surface area contributed by atoms with Crippen molar-refractivity contribution in [3.05, 3.63) is 0 Å². The van der Waals surface area contributed by atoms with Gasteiger partial charge in [0, 0.05) is 25.9 Å². The van der Waals surface area contributed by atoms with Gasteiger partial charge in [0.2, 0.25) is 0 Å². The number of alkyl carbamates (subject to hydrolysis) is 1. The third kappa shape index (κ3) is 28.8. The van der Waals surface area contributed by atoms with Crippen LogP contribution in [0.25, 0.3) is 0 Å². The molecule has 0 aromatic carbocycles. The van der Waals surface area contributed by atoms with Crippen molar-refractivity contribution < 1.29 is 9.53 Å². The smallest absolute Gasteiger partial charge is 0.407 e. The summed E-state index contributed by atoms with van der Waals surface area (Å²) in [6, 6.07) is 0. The number of carbonyl (C=O) groups is 1. The Bertz CT molecular complexity index is 1930. The van der Waals surface area contributed by atoms with Gasteiger partial charge < -0.3 is 15.0 Å². The fourth-order valence-electron chi connectivity index (χ4n) is 1.91. The highest BCUT2D eigenvalue weighted by Crippen LogP contribution is 2.03. The Labute approximate surface area is 262 Å². The van der Waals surface area contributed by atoms with Gasteiger partial charge in [-0.1, -0.05) is 11.8 Å². The topological polar surface area (TPSA) is 41.6 Å². The SMILES string of the molecule is C#CC#CC#CC#CC#CC#CC#CC#CCC(CC#CC#CC#CC#CC#CC#CC#CC#C)OC(=O)NCCN(C)C. The van der Waals surface area contributed by atoms with Crippen molar-refractivity contribution in [3.8, 4) is 190 Å². The van der Waals surface area contributed by atoms with E-state index < -0.39 is 12.2 Å². The van der Waals surface area contributed by atoms with Crippen molar-refractivity contribution in [1.82, 2.24) is 10.2 Å². The van der Waals surface area contributed by atoms with Gasteiger partial charge in [0.05, 0.1) is 0 Å². The van der Waals surface area contributed by atoms with Crippen LogP contribution < -0.4 is 5.32 Å². The minimum absolute atomic E-state index is 0.199.